The van der Waals surface area contributed by atoms with Gasteiger partial charge in [0.05, 0.1) is 4.92 Å². The molecule has 0 atom stereocenters. The van der Waals surface area contributed by atoms with Crippen molar-refractivity contribution in [2.45, 2.75) is 44.6 Å². The zero-order chi connectivity index (χ0) is 15.1. The molecule has 1 saturated carbocycles. The van der Waals surface area contributed by atoms with Gasteiger partial charge in [0, 0.05) is 25.1 Å². The Labute approximate surface area is 124 Å². The number of anilines is 1. The standard InChI is InChI=1S/C15H21N3O3/c19-15(17-12-6-2-1-3-7-12)10-11-16-13-8-4-5-9-14(13)18(20)21/h4-5,8-9,12,16H,1-3,6-7,10-11H2,(H,17,19). The Morgan fingerprint density at radius 2 is 1.95 bits per heavy atom. The van der Waals surface area contributed by atoms with Gasteiger partial charge in [-0.1, -0.05) is 31.4 Å². The van der Waals surface area contributed by atoms with Crippen LogP contribution in [0.25, 0.3) is 0 Å². The molecule has 0 radical (unpaired) electrons. The van der Waals surface area contributed by atoms with Crippen molar-refractivity contribution in [2.75, 3.05) is 11.9 Å². The predicted molar refractivity (Wildman–Crippen MR) is 81.2 cm³/mol. The lowest BCUT2D eigenvalue weighted by atomic mass is 9.95. The second-order valence-corrected chi connectivity index (χ2v) is 5.35. The van der Waals surface area contributed by atoms with Crippen LogP contribution in [0.4, 0.5) is 11.4 Å². The van der Waals surface area contributed by atoms with Crippen LogP contribution in [-0.4, -0.2) is 23.4 Å². The number of nitro groups is 1. The minimum Gasteiger partial charge on any atom is -0.379 e. The number of benzene rings is 1. The van der Waals surface area contributed by atoms with Gasteiger partial charge in [-0.3, -0.25) is 14.9 Å². The van der Waals surface area contributed by atoms with Crippen molar-refractivity contribution >= 4 is 17.3 Å². The van der Waals surface area contributed by atoms with Crippen molar-refractivity contribution in [3.05, 3.63) is 34.4 Å². The molecule has 1 aliphatic carbocycles. The van der Waals surface area contributed by atoms with E-state index in [0.29, 0.717) is 24.7 Å². The minimum absolute atomic E-state index is 0.00739. The summed E-state index contributed by atoms with van der Waals surface area (Å²) < 4.78 is 0. The van der Waals surface area contributed by atoms with E-state index in [1.165, 1.54) is 25.3 Å². The van der Waals surface area contributed by atoms with Gasteiger partial charge in [0.2, 0.25) is 5.91 Å². The maximum Gasteiger partial charge on any atom is 0.292 e. The first-order valence-corrected chi connectivity index (χ1v) is 7.43. The molecule has 1 aromatic rings. The van der Waals surface area contributed by atoms with Crippen LogP contribution in [0.3, 0.4) is 0 Å². The summed E-state index contributed by atoms with van der Waals surface area (Å²) in [5.41, 5.74) is 0.484. The lowest BCUT2D eigenvalue weighted by Crippen LogP contribution is -2.36. The van der Waals surface area contributed by atoms with E-state index in [-0.39, 0.29) is 11.6 Å². The van der Waals surface area contributed by atoms with E-state index >= 15 is 0 Å². The van der Waals surface area contributed by atoms with E-state index < -0.39 is 4.92 Å². The molecule has 114 valence electrons. The summed E-state index contributed by atoms with van der Waals surface area (Å²) in [5, 5.41) is 16.9. The van der Waals surface area contributed by atoms with E-state index in [1.807, 2.05) is 0 Å². The van der Waals surface area contributed by atoms with E-state index in [0.717, 1.165) is 12.8 Å². The molecular weight excluding hydrogens is 270 g/mol. The van der Waals surface area contributed by atoms with Crippen LogP contribution in [0.2, 0.25) is 0 Å². The van der Waals surface area contributed by atoms with Crippen LogP contribution < -0.4 is 10.6 Å². The summed E-state index contributed by atoms with van der Waals surface area (Å²) in [7, 11) is 0. The van der Waals surface area contributed by atoms with Gasteiger partial charge in [-0.05, 0) is 18.9 Å². The number of para-hydroxylation sites is 2. The SMILES string of the molecule is O=C(CCNc1ccccc1[N+](=O)[O-])NC1CCCCC1. The quantitative estimate of drug-likeness (QED) is 0.623. The third-order valence-corrected chi connectivity index (χ3v) is 3.74. The Hall–Kier alpha value is -2.11. The van der Waals surface area contributed by atoms with E-state index in [4.69, 9.17) is 0 Å². The van der Waals surface area contributed by atoms with Gasteiger partial charge in [-0.25, -0.2) is 0 Å². The van der Waals surface area contributed by atoms with Gasteiger partial charge in [0.15, 0.2) is 0 Å². The number of hydrogen-bond acceptors (Lipinski definition) is 4. The first kappa shape index (κ1) is 15.3. The van der Waals surface area contributed by atoms with Crippen LogP contribution in [0.15, 0.2) is 24.3 Å². The molecule has 2 rings (SSSR count). The lowest BCUT2D eigenvalue weighted by molar-refractivity contribution is -0.384. The smallest absolute Gasteiger partial charge is 0.292 e. The fraction of sp³-hybridized carbons (Fsp3) is 0.533. The fourth-order valence-electron chi connectivity index (χ4n) is 2.64. The average molecular weight is 291 g/mol. The molecule has 1 aromatic carbocycles. The number of amides is 1. The maximum absolute atomic E-state index is 11.8. The highest BCUT2D eigenvalue weighted by molar-refractivity contribution is 5.77. The zero-order valence-corrected chi connectivity index (χ0v) is 12.0. The first-order chi connectivity index (χ1) is 10.2. The molecule has 6 heteroatoms. The van der Waals surface area contributed by atoms with Gasteiger partial charge < -0.3 is 10.6 Å². The summed E-state index contributed by atoms with van der Waals surface area (Å²) >= 11 is 0. The van der Waals surface area contributed by atoms with Gasteiger partial charge in [0.25, 0.3) is 5.69 Å². The number of nitrogens with one attached hydrogen (secondary N) is 2. The third kappa shape index (κ3) is 4.73. The molecule has 1 fully saturated rings. The second-order valence-electron chi connectivity index (χ2n) is 5.35. The Morgan fingerprint density at radius 1 is 1.24 bits per heavy atom. The Bertz CT molecular complexity index is 499. The monoisotopic (exact) mass is 291 g/mol. The van der Waals surface area contributed by atoms with Crippen LogP contribution in [0.1, 0.15) is 38.5 Å². The van der Waals surface area contributed by atoms with Gasteiger partial charge in [-0.15, -0.1) is 0 Å². The van der Waals surface area contributed by atoms with Gasteiger partial charge in [0.1, 0.15) is 5.69 Å². The predicted octanol–water partition coefficient (Wildman–Crippen LogP) is 2.85. The summed E-state index contributed by atoms with van der Waals surface area (Å²) in [6.45, 7) is 0.392. The molecular formula is C15H21N3O3. The molecule has 0 heterocycles. The highest BCUT2D eigenvalue weighted by atomic mass is 16.6. The van der Waals surface area contributed by atoms with Crippen molar-refractivity contribution in [1.29, 1.82) is 0 Å². The molecule has 0 bridgehead atoms. The number of carbonyl (C=O) groups is 1. The molecule has 21 heavy (non-hydrogen) atoms. The summed E-state index contributed by atoms with van der Waals surface area (Å²) in [4.78, 5) is 22.3. The average Bonchev–Trinajstić information content (AvgIpc) is 2.48. The summed E-state index contributed by atoms with van der Waals surface area (Å²) in [6, 6.07) is 6.76. The van der Waals surface area contributed by atoms with E-state index in [2.05, 4.69) is 10.6 Å². The third-order valence-electron chi connectivity index (χ3n) is 3.74. The highest BCUT2D eigenvalue weighted by Gasteiger charge is 2.16. The summed E-state index contributed by atoms with van der Waals surface area (Å²) in [6.07, 6.45) is 6.06. The number of nitrogens with zero attached hydrogens (tertiary/aromatic N) is 1. The van der Waals surface area contributed by atoms with Gasteiger partial charge in [-0.2, -0.15) is 0 Å². The molecule has 1 aliphatic rings. The Morgan fingerprint density at radius 3 is 2.67 bits per heavy atom. The van der Waals surface area contributed by atoms with Crippen LogP contribution in [-0.2, 0) is 4.79 Å². The molecule has 1 amide bonds. The van der Waals surface area contributed by atoms with Crippen LogP contribution in [0, 0.1) is 10.1 Å². The Kier molecular flexibility index (Phi) is 5.54. The van der Waals surface area contributed by atoms with Crippen molar-refractivity contribution in [2.24, 2.45) is 0 Å². The number of rotatable bonds is 6. The second kappa shape index (κ2) is 7.61. The normalized spacial score (nSPS) is 15.4. The lowest BCUT2D eigenvalue weighted by Gasteiger charge is -2.22. The number of carbonyl (C=O) groups excluding carboxylic acids is 1. The van der Waals surface area contributed by atoms with E-state index in [1.54, 1.807) is 18.2 Å². The van der Waals surface area contributed by atoms with E-state index in [9.17, 15) is 14.9 Å². The largest absolute Gasteiger partial charge is 0.379 e. The topological polar surface area (TPSA) is 84.3 Å². The van der Waals surface area contributed by atoms with Crippen molar-refractivity contribution < 1.29 is 9.72 Å². The molecule has 0 saturated heterocycles. The van der Waals surface area contributed by atoms with Gasteiger partial charge >= 0.3 is 0 Å². The van der Waals surface area contributed by atoms with Crippen molar-refractivity contribution in [3.63, 3.8) is 0 Å². The first-order valence-electron chi connectivity index (χ1n) is 7.43. The van der Waals surface area contributed by atoms with Crippen molar-refractivity contribution in [3.8, 4) is 0 Å². The zero-order valence-electron chi connectivity index (χ0n) is 12.0. The minimum atomic E-state index is -0.426. The van der Waals surface area contributed by atoms with Crippen molar-refractivity contribution in [1.82, 2.24) is 5.32 Å². The Balaban J connectivity index is 1.76. The fourth-order valence-corrected chi connectivity index (χ4v) is 2.64. The molecule has 0 spiro atoms. The highest BCUT2D eigenvalue weighted by Crippen LogP contribution is 2.23. The number of nitro benzene ring substituents is 1. The molecule has 0 aliphatic heterocycles. The molecule has 0 unspecified atom stereocenters. The number of hydrogen-bond donors (Lipinski definition) is 2. The maximum atomic E-state index is 11.8. The van der Waals surface area contributed by atoms with Crippen LogP contribution >= 0.6 is 0 Å². The molecule has 0 aromatic heterocycles. The molecule has 2 N–H and O–H groups in total. The van der Waals surface area contributed by atoms with Crippen LogP contribution in [0.5, 0.6) is 0 Å². The molecule has 6 nitrogen and oxygen atoms in total. The summed E-state index contributed by atoms with van der Waals surface area (Å²) in [5.74, 6) is 0.00739.